The van der Waals surface area contributed by atoms with Gasteiger partial charge in [0.05, 0.1) is 18.8 Å². The molecule has 0 amide bonds. The van der Waals surface area contributed by atoms with Crippen LogP contribution in [0.4, 0.5) is 0 Å². The molecule has 1 heterocycles. The summed E-state index contributed by atoms with van der Waals surface area (Å²) < 4.78 is 16.4. The molecule has 0 aromatic heterocycles. The van der Waals surface area contributed by atoms with E-state index in [4.69, 9.17) is 19.3 Å². The first kappa shape index (κ1) is 13.5. The molecule has 0 aliphatic carbocycles. The molecule has 5 nitrogen and oxygen atoms in total. The molecule has 0 saturated heterocycles. The van der Waals surface area contributed by atoms with Gasteiger partial charge in [0.1, 0.15) is 13.2 Å². The van der Waals surface area contributed by atoms with Gasteiger partial charge in [0.25, 0.3) is 0 Å². The molecule has 0 spiro atoms. The van der Waals surface area contributed by atoms with Crippen molar-refractivity contribution in [2.75, 3.05) is 26.4 Å². The van der Waals surface area contributed by atoms with E-state index >= 15 is 0 Å². The second-order valence-electron chi connectivity index (χ2n) is 4.11. The summed E-state index contributed by atoms with van der Waals surface area (Å²) in [6, 6.07) is 5.23. The SMILES string of the molecule is CCCOC1=C(O)c2cccc(OCCO)c2OC1. The van der Waals surface area contributed by atoms with Crippen molar-refractivity contribution in [1.29, 1.82) is 0 Å². The third kappa shape index (κ3) is 2.93. The van der Waals surface area contributed by atoms with Crippen molar-refractivity contribution in [2.45, 2.75) is 13.3 Å². The molecule has 2 rings (SSSR count). The van der Waals surface area contributed by atoms with E-state index in [1.54, 1.807) is 18.2 Å². The van der Waals surface area contributed by atoms with E-state index in [-0.39, 0.29) is 25.6 Å². The Balaban J connectivity index is 2.26. The Morgan fingerprint density at radius 3 is 2.84 bits per heavy atom. The molecule has 5 heteroatoms. The first-order valence-corrected chi connectivity index (χ1v) is 6.32. The third-order valence-corrected chi connectivity index (χ3v) is 2.68. The maximum atomic E-state index is 10.2. The number of para-hydroxylation sites is 1. The molecule has 0 unspecified atom stereocenters. The van der Waals surface area contributed by atoms with Gasteiger partial charge in [-0.1, -0.05) is 13.0 Å². The van der Waals surface area contributed by atoms with E-state index in [9.17, 15) is 5.11 Å². The summed E-state index contributed by atoms with van der Waals surface area (Å²) in [4.78, 5) is 0. The van der Waals surface area contributed by atoms with Gasteiger partial charge in [-0.3, -0.25) is 0 Å². The van der Waals surface area contributed by atoms with Gasteiger partial charge in [0.15, 0.2) is 23.0 Å². The Bertz CT molecular complexity index is 467. The molecular formula is C14H18O5. The Labute approximate surface area is 112 Å². The average molecular weight is 266 g/mol. The van der Waals surface area contributed by atoms with Crippen LogP contribution in [0.3, 0.4) is 0 Å². The lowest BCUT2D eigenvalue weighted by Gasteiger charge is -2.22. The lowest BCUT2D eigenvalue weighted by atomic mass is 10.1. The highest BCUT2D eigenvalue weighted by Crippen LogP contribution is 2.39. The Hall–Kier alpha value is -1.88. The van der Waals surface area contributed by atoms with Crippen LogP contribution in [0.1, 0.15) is 18.9 Å². The molecule has 1 aromatic carbocycles. The fourth-order valence-electron chi connectivity index (χ4n) is 1.81. The molecule has 0 bridgehead atoms. The Kier molecular flexibility index (Phi) is 4.52. The van der Waals surface area contributed by atoms with E-state index in [1.165, 1.54) is 0 Å². The lowest BCUT2D eigenvalue weighted by molar-refractivity contribution is 0.152. The summed E-state index contributed by atoms with van der Waals surface area (Å²) in [5.74, 6) is 1.52. The number of aliphatic hydroxyl groups is 2. The van der Waals surface area contributed by atoms with Gasteiger partial charge in [0.2, 0.25) is 0 Å². The number of hydrogen-bond acceptors (Lipinski definition) is 5. The summed E-state index contributed by atoms with van der Waals surface area (Å²) in [5.41, 5.74) is 0.549. The molecule has 1 aromatic rings. The van der Waals surface area contributed by atoms with Crippen LogP contribution in [-0.2, 0) is 4.74 Å². The second-order valence-corrected chi connectivity index (χ2v) is 4.11. The normalized spacial score (nSPS) is 13.8. The van der Waals surface area contributed by atoms with E-state index in [0.29, 0.717) is 29.4 Å². The number of rotatable bonds is 6. The minimum Gasteiger partial charge on any atom is -0.504 e. The zero-order valence-corrected chi connectivity index (χ0v) is 10.9. The monoisotopic (exact) mass is 266 g/mol. The van der Waals surface area contributed by atoms with Crippen LogP contribution in [-0.4, -0.2) is 36.6 Å². The smallest absolute Gasteiger partial charge is 0.176 e. The Morgan fingerprint density at radius 2 is 2.11 bits per heavy atom. The topological polar surface area (TPSA) is 68.2 Å². The number of hydrogen-bond donors (Lipinski definition) is 2. The highest BCUT2D eigenvalue weighted by molar-refractivity contribution is 5.71. The van der Waals surface area contributed by atoms with Gasteiger partial charge in [-0.2, -0.15) is 0 Å². The highest BCUT2D eigenvalue weighted by atomic mass is 16.6. The fourth-order valence-corrected chi connectivity index (χ4v) is 1.81. The molecule has 0 saturated carbocycles. The minimum absolute atomic E-state index is 0.0731. The summed E-state index contributed by atoms with van der Waals surface area (Å²) >= 11 is 0. The van der Waals surface area contributed by atoms with Gasteiger partial charge in [0, 0.05) is 0 Å². The fraction of sp³-hybridized carbons (Fsp3) is 0.429. The van der Waals surface area contributed by atoms with Gasteiger partial charge >= 0.3 is 0 Å². The molecule has 104 valence electrons. The first-order chi connectivity index (χ1) is 9.27. The summed E-state index contributed by atoms with van der Waals surface area (Å²) in [5, 5.41) is 18.9. The molecule has 2 N–H and O–H groups in total. The van der Waals surface area contributed by atoms with Crippen LogP contribution < -0.4 is 9.47 Å². The molecule has 19 heavy (non-hydrogen) atoms. The van der Waals surface area contributed by atoms with Crippen molar-refractivity contribution < 1.29 is 24.4 Å². The third-order valence-electron chi connectivity index (χ3n) is 2.68. The van der Waals surface area contributed by atoms with E-state index in [2.05, 4.69) is 0 Å². The van der Waals surface area contributed by atoms with E-state index in [0.717, 1.165) is 6.42 Å². The molecule has 0 radical (unpaired) electrons. The predicted molar refractivity (Wildman–Crippen MR) is 70.3 cm³/mol. The predicted octanol–water partition coefficient (Wildman–Crippen LogP) is 2.10. The second kappa shape index (κ2) is 6.33. The number of fused-ring (bicyclic) bond motifs is 1. The number of aliphatic hydroxyl groups excluding tert-OH is 2. The molecule has 0 atom stereocenters. The van der Waals surface area contributed by atoms with E-state index < -0.39 is 0 Å². The van der Waals surface area contributed by atoms with Gasteiger partial charge in [-0.05, 0) is 18.6 Å². The van der Waals surface area contributed by atoms with Crippen LogP contribution in [0.15, 0.2) is 24.0 Å². The van der Waals surface area contributed by atoms with Crippen LogP contribution in [0.2, 0.25) is 0 Å². The maximum absolute atomic E-state index is 10.2. The average Bonchev–Trinajstić information content (AvgIpc) is 2.44. The van der Waals surface area contributed by atoms with Crippen molar-refractivity contribution in [2.24, 2.45) is 0 Å². The molecule has 1 aliphatic heterocycles. The maximum Gasteiger partial charge on any atom is 0.176 e. The quantitative estimate of drug-likeness (QED) is 0.825. The van der Waals surface area contributed by atoms with Crippen molar-refractivity contribution in [3.05, 3.63) is 29.5 Å². The summed E-state index contributed by atoms with van der Waals surface area (Å²) in [6.07, 6.45) is 0.864. The van der Waals surface area contributed by atoms with Crippen LogP contribution in [0.25, 0.3) is 5.76 Å². The number of ether oxygens (including phenoxy) is 3. The molecular weight excluding hydrogens is 248 g/mol. The first-order valence-electron chi connectivity index (χ1n) is 6.32. The molecule has 0 fully saturated rings. The zero-order valence-electron chi connectivity index (χ0n) is 10.9. The van der Waals surface area contributed by atoms with Crippen molar-refractivity contribution in [3.63, 3.8) is 0 Å². The van der Waals surface area contributed by atoms with Gasteiger partial charge < -0.3 is 24.4 Å². The van der Waals surface area contributed by atoms with Gasteiger partial charge in [-0.25, -0.2) is 0 Å². The standard InChI is InChI=1S/C14H18O5/c1-2-7-17-12-9-19-14-10(13(12)16)4-3-5-11(14)18-8-6-15/h3-5,15-16H,2,6-9H2,1H3. The zero-order chi connectivity index (χ0) is 13.7. The van der Waals surface area contributed by atoms with Crippen LogP contribution in [0, 0.1) is 0 Å². The van der Waals surface area contributed by atoms with Crippen LogP contribution >= 0.6 is 0 Å². The minimum atomic E-state index is -0.0731. The van der Waals surface area contributed by atoms with Crippen molar-refractivity contribution in [3.8, 4) is 11.5 Å². The molecule has 1 aliphatic rings. The van der Waals surface area contributed by atoms with Crippen LogP contribution in [0.5, 0.6) is 11.5 Å². The highest BCUT2D eigenvalue weighted by Gasteiger charge is 2.24. The van der Waals surface area contributed by atoms with Gasteiger partial charge in [-0.15, -0.1) is 0 Å². The lowest BCUT2D eigenvalue weighted by Crippen LogP contribution is -2.15. The van der Waals surface area contributed by atoms with Crippen molar-refractivity contribution in [1.82, 2.24) is 0 Å². The van der Waals surface area contributed by atoms with E-state index in [1.807, 2.05) is 6.92 Å². The summed E-state index contributed by atoms with van der Waals surface area (Å²) in [6.45, 7) is 2.83. The largest absolute Gasteiger partial charge is 0.504 e. The van der Waals surface area contributed by atoms with Crippen molar-refractivity contribution >= 4 is 5.76 Å². The summed E-state index contributed by atoms with van der Waals surface area (Å²) in [7, 11) is 0. The number of benzene rings is 1. The Morgan fingerprint density at radius 1 is 1.26 bits per heavy atom.